The number of hydrogen-bond donors (Lipinski definition) is 1. The van der Waals surface area contributed by atoms with Crippen molar-refractivity contribution < 1.29 is 9.15 Å². The second kappa shape index (κ2) is 4.86. The van der Waals surface area contributed by atoms with Crippen molar-refractivity contribution in [1.82, 2.24) is 5.32 Å². The van der Waals surface area contributed by atoms with Gasteiger partial charge in [-0.2, -0.15) is 0 Å². The third kappa shape index (κ3) is 2.41. The Bertz CT molecular complexity index is 519. The largest absolute Gasteiger partial charge is 0.488 e. The van der Waals surface area contributed by atoms with E-state index in [9.17, 15) is 0 Å². The first-order valence-electron chi connectivity index (χ1n) is 6.30. The zero-order valence-corrected chi connectivity index (χ0v) is 10.5. The van der Waals surface area contributed by atoms with Crippen molar-refractivity contribution in [3.63, 3.8) is 0 Å². The van der Waals surface area contributed by atoms with E-state index < -0.39 is 0 Å². The van der Waals surface area contributed by atoms with Gasteiger partial charge >= 0.3 is 0 Å². The lowest BCUT2D eigenvalue weighted by Crippen LogP contribution is -2.29. The van der Waals surface area contributed by atoms with Gasteiger partial charge in [-0.05, 0) is 30.7 Å². The first kappa shape index (κ1) is 11.4. The molecule has 0 radical (unpaired) electrons. The lowest BCUT2D eigenvalue weighted by atomic mass is 10.1. The zero-order chi connectivity index (χ0) is 12.4. The van der Waals surface area contributed by atoms with Crippen LogP contribution in [0.4, 0.5) is 0 Å². The molecule has 1 aliphatic heterocycles. The zero-order valence-electron chi connectivity index (χ0n) is 10.5. The Balaban J connectivity index is 1.52. The topological polar surface area (TPSA) is 34.4 Å². The van der Waals surface area contributed by atoms with Crippen LogP contribution in [0.2, 0.25) is 0 Å². The Morgan fingerprint density at radius 2 is 2.28 bits per heavy atom. The molecule has 1 aromatic heterocycles. The highest BCUT2D eigenvalue weighted by Crippen LogP contribution is 2.29. The molecule has 3 rings (SSSR count). The molecule has 1 N–H and O–H groups in total. The van der Waals surface area contributed by atoms with Gasteiger partial charge in [-0.3, -0.25) is 0 Å². The number of furan rings is 1. The van der Waals surface area contributed by atoms with Gasteiger partial charge in [0.05, 0.1) is 12.8 Å². The van der Waals surface area contributed by atoms with E-state index in [4.69, 9.17) is 9.15 Å². The fourth-order valence-corrected chi connectivity index (χ4v) is 2.33. The molecule has 0 saturated carbocycles. The van der Waals surface area contributed by atoms with Crippen molar-refractivity contribution in [1.29, 1.82) is 0 Å². The van der Waals surface area contributed by atoms with Crippen LogP contribution in [0.5, 0.6) is 5.75 Å². The summed E-state index contributed by atoms with van der Waals surface area (Å²) in [4.78, 5) is 0. The molecule has 2 aromatic rings. The number of benzene rings is 1. The highest BCUT2D eigenvalue weighted by atomic mass is 16.5. The van der Waals surface area contributed by atoms with E-state index >= 15 is 0 Å². The van der Waals surface area contributed by atoms with Crippen LogP contribution in [0.1, 0.15) is 16.9 Å². The smallest absolute Gasteiger partial charge is 0.123 e. The fraction of sp³-hybridized carbons (Fsp3) is 0.333. The average molecular weight is 243 g/mol. The summed E-state index contributed by atoms with van der Waals surface area (Å²) in [5.74, 6) is 1.99. The minimum atomic E-state index is 0.233. The van der Waals surface area contributed by atoms with Crippen LogP contribution >= 0.6 is 0 Å². The number of rotatable bonds is 4. The van der Waals surface area contributed by atoms with Crippen LogP contribution in [0.15, 0.2) is 41.0 Å². The van der Waals surface area contributed by atoms with Crippen LogP contribution in [-0.2, 0) is 13.0 Å². The summed E-state index contributed by atoms with van der Waals surface area (Å²) >= 11 is 0. The summed E-state index contributed by atoms with van der Waals surface area (Å²) in [6.07, 6.45) is 2.92. The van der Waals surface area contributed by atoms with E-state index in [1.807, 2.05) is 12.1 Å². The Labute approximate surface area is 107 Å². The molecule has 0 saturated heterocycles. The first-order valence-corrected chi connectivity index (χ1v) is 6.30. The average Bonchev–Trinajstić information content (AvgIpc) is 2.97. The standard InChI is InChI=1S/C15H17NO2/c1-11-4-5-15-12(7-11)8-14(18-15)10-16-9-13-3-2-6-17-13/h2-7,14,16H,8-10H2,1H3. The molecule has 3 heteroatoms. The lowest BCUT2D eigenvalue weighted by Gasteiger charge is -2.10. The third-order valence-electron chi connectivity index (χ3n) is 3.21. The highest BCUT2D eigenvalue weighted by Gasteiger charge is 2.22. The highest BCUT2D eigenvalue weighted by molar-refractivity contribution is 5.40. The molecule has 0 spiro atoms. The second-order valence-corrected chi connectivity index (χ2v) is 4.77. The predicted molar refractivity (Wildman–Crippen MR) is 69.7 cm³/mol. The summed E-state index contributed by atoms with van der Waals surface area (Å²) in [7, 11) is 0. The number of fused-ring (bicyclic) bond motifs is 1. The van der Waals surface area contributed by atoms with Crippen molar-refractivity contribution in [2.75, 3.05) is 6.54 Å². The van der Waals surface area contributed by atoms with Gasteiger partial charge in [0.1, 0.15) is 17.6 Å². The molecule has 1 atom stereocenters. The molecular weight excluding hydrogens is 226 g/mol. The molecule has 1 aliphatic rings. The van der Waals surface area contributed by atoms with Gasteiger partial charge in [0.15, 0.2) is 0 Å². The van der Waals surface area contributed by atoms with Gasteiger partial charge in [0.2, 0.25) is 0 Å². The number of hydrogen-bond acceptors (Lipinski definition) is 3. The van der Waals surface area contributed by atoms with Gasteiger partial charge in [0, 0.05) is 13.0 Å². The predicted octanol–water partition coefficient (Wildman–Crippen LogP) is 2.68. The third-order valence-corrected chi connectivity index (χ3v) is 3.21. The normalized spacial score (nSPS) is 17.5. The molecule has 0 aliphatic carbocycles. The maximum absolute atomic E-state index is 5.89. The summed E-state index contributed by atoms with van der Waals surface area (Å²) in [6, 6.07) is 10.2. The summed E-state index contributed by atoms with van der Waals surface area (Å²) < 4.78 is 11.2. The molecule has 3 nitrogen and oxygen atoms in total. The Morgan fingerprint density at radius 3 is 3.11 bits per heavy atom. The molecule has 2 heterocycles. The maximum Gasteiger partial charge on any atom is 0.123 e. The summed E-state index contributed by atoms with van der Waals surface area (Å²) in [5.41, 5.74) is 2.61. The van der Waals surface area contributed by atoms with E-state index in [2.05, 4.69) is 30.4 Å². The lowest BCUT2D eigenvalue weighted by molar-refractivity contribution is 0.226. The molecule has 0 amide bonds. The van der Waals surface area contributed by atoms with E-state index in [1.165, 1.54) is 11.1 Å². The molecule has 0 bridgehead atoms. The first-order chi connectivity index (χ1) is 8.81. The van der Waals surface area contributed by atoms with Gasteiger partial charge in [-0.15, -0.1) is 0 Å². The quantitative estimate of drug-likeness (QED) is 0.896. The molecule has 18 heavy (non-hydrogen) atoms. The van der Waals surface area contributed by atoms with Crippen molar-refractivity contribution in [2.24, 2.45) is 0 Å². The maximum atomic E-state index is 5.89. The minimum absolute atomic E-state index is 0.233. The Kier molecular flexibility index (Phi) is 3.07. The van der Waals surface area contributed by atoms with Crippen LogP contribution in [-0.4, -0.2) is 12.6 Å². The van der Waals surface area contributed by atoms with E-state index in [1.54, 1.807) is 6.26 Å². The molecule has 0 fully saturated rings. The fourth-order valence-electron chi connectivity index (χ4n) is 2.33. The van der Waals surface area contributed by atoms with Gasteiger partial charge < -0.3 is 14.5 Å². The monoisotopic (exact) mass is 243 g/mol. The van der Waals surface area contributed by atoms with Crippen molar-refractivity contribution in [2.45, 2.75) is 26.0 Å². The molecule has 1 unspecified atom stereocenters. The number of aryl methyl sites for hydroxylation is 1. The van der Waals surface area contributed by atoms with Crippen molar-refractivity contribution in [3.05, 3.63) is 53.5 Å². The summed E-state index contributed by atoms with van der Waals surface area (Å²) in [5, 5.41) is 3.36. The molecule has 94 valence electrons. The molecular formula is C15H17NO2. The van der Waals surface area contributed by atoms with E-state index in [0.717, 1.165) is 31.0 Å². The number of ether oxygens (including phenoxy) is 1. The van der Waals surface area contributed by atoms with Crippen molar-refractivity contribution >= 4 is 0 Å². The summed E-state index contributed by atoms with van der Waals surface area (Å²) in [6.45, 7) is 3.71. The Hall–Kier alpha value is -1.74. The van der Waals surface area contributed by atoms with Gasteiger partial charge in [-0.25, -0.2) is 0 Å². The SMILES string of the molecule is Cc1ccc2c(c1)CC(CNCc1ccco1)O2. The van der Waals surface area contributed by atoms with Gasteiger partial charge in [0.25, 0.3) is 0 Å². The van der Waals surface area contributed by atoms with Crippen LogP contribution in [0.25, 0.3) is 0 Å². The Morgan fingerprint density at radius 1 is 1.33 bits per heavy atom. The van der Waals surface area contributed by atoms with E-state index in [0.29, 0.717) is 0 Å². The van der Waals surface area contributed by atoms with Crippen LogP contribution in [0, 0.1) is 6.92 Å². The van der Waals surface area contributed by atoms with E-state index in [-0.39, 0.29) is 6.10 Å². The van der Waals surface area contributed by atoms with Crippen LogP contribution < -0.4 is 10.1 Å². The van der Waals surface area contributed by atoms with Gasteiger partial charge in [-0.1, -0.05) is 17.7 Å². The van der Waals surface area contributed by atoms with Crippen LogP contribution in [0.3, 0.4) is 0 Å². The van der Waals surface area contributed by atoms with Crippen molar-refractivity contribution in [3.8, 4) is 5.75 Å². The number of nitrogens with one attached hydrogen (secondary N) is 1. The second-order valence-electron chi connectivity index (χ2n) is 4.77. The molecule has 1 aromatic carbocycles. The minimum Gasteiger partial charge on any atom is -0.488 e.